The van der Waals surface area contributed by atoms with Crippen LogP contribution in [0.3, 0.4) is 0 Å². The molecule has 0 amide bonds. The fourth-order valence-electron chi connectivity index (χ4n) is 1.84. The number of hydrogen-bond acceptors (Lipinski definition) is 2. The molecule has 0 atom stereocenters. The number of fused-ring (bicyclic) bond motifs is 1. The quantitative estimate of drug-likeness (QED) is 0.827. The summed E-state index contributed by atoms with van der Waals surface area (Å²) in [6.45, 7) is 1.72. The number of nitrogens with zero attached hydrogens (tertiary/aromatic N) is 1. The van der Waals surface area contributed by atoms with Gasteiger partial charge in [0.25, 0.3) is 0 Å². The highest BCUT2D eigenvalue weighted by molar-refractivity contribution is 5.83. The standard InChI is InChI=1S/C12H11NO3/c1-8-3-2-4-9-10(14)5-6-13(12(8)9)7-11(15)16/h2-6H,7H2,1H3,(H,15,16). The summed E-state index contributed by atoms with van der Waals surface area (Å²) in [6, 6.07) is 6.76. The van der Waals surface area contributed by atoms with Crippen molar-refractivity contribution < 1.29 is 9.90 Å². The smallest absolute Gasteiger partial charge is 0.323 e. The van der Waals surface area contributed by atoms with E-state index in [4.69, 9.17) is 5.11 Å². The Balaban J connectivity index is 2.81. The highest BCUT2D eigenvalue weighted by atomic mass is 16.4. The summed E-state index contributed by atoms with van der Waals surface area (Å²) in [5.74, 6) is -0.923. The van der Waals surface area contributed by atoms with Crippen molar-refractivity contribution in [1.29, 1.82) is 0 Å². The van der Waals surface area contributed by atoms with Crippen LogP contribution < -0.4 is 5.43 Å². The van der Waals surface area contributed by atoms with Crippen molar-refractivity contribution in [3.8, 4) is 0 Å². The van der Waals surface area contributed by atoms with E-state index < -0.39 is 5.97 Å². The van der Waals surface area contributed by atoms with Crippen molar-refractivity contribution in [3.63, 3.8) is 0 Å². The molecule has 1 heterocycles. The zero-order chi connectivity index (χ0) is 11.7. The number of carboxylic acids is 1. The van der Waals surface area contributed by atoms with Crippen molar-refractivity contribution in [2.45, 2.75) is 13.5 Å². The van der Waals surface area contributed by atoms with E-state index in [0.29, 0.717) is 10.9 Å². The lowest BCUT2D eigenvalue weighted by Crippen LogP contribution is -2.14. The van der Waals surface area contributed by atoms with Gasteiger partial charge < -0.3 is 9.67 Å². The SMILES string of the molecule is Cc1cccc2c(=O)ccn(CC(=O)O)c12. The van der Waals surface area contributed by atoms with Crippen molar-refractivity contribution in [2.24, 2.45) is 0 Å². The Morgan fingerprint density at radius 1 is 1.38 bits per heavy atom. The first-order valence-corrected chi connectivity index (χ1v) is 4.90. The van der Waals surface area contributed by atoms with Crippen molar-refractivity contribution in [1.82, 2.24) is 4.57 Å². The van der Waals surface area contributed by atoms with E-state index in [2.05, 4.69) is 0 Å². The van der Waals surface area contributed by atoms with Gasteiger partial charge in [-0.1, -0.05) is 12.1 Å². The van der Waals surface area contributed by atoms with Crippen LogP contribution in [0.4, 0.5) is 0 Å². The Morgan fingerprint density at radius 2 is 2.12 bits per heavy atom. The van der Waals surface area contributed by atoms with Gasteiger partial charge in [0, 0.05) is 17.6 Å². The van der Waals surface area contributed by atoms with Gasteiger partial charge in [-0.3, -0.25) is 9.59 Å². The summed E-state index contributed by atoms with van der Waals surface area (Å²) in [5.41, 5.74) is 1.51. The number of aryl methyl sites for hydroxylation is 1. The fourth-order valence-corrected chi connectivity index (χ4v) is 1.84. The molecule has 4 heteroatoms. The first-order chi connectivity index (χ1) is 7.59. The third-order valence-corrected chi connectivity index (χ3v) is 2.50. The van der Waals surface area contributed by atoms with E-state index in [0.717, 1.165) is 5.56 Å². The van der Waals surface area contributed by atoms with Crippen LogP contribution in [0.25, 0.3) is 10.9 Å². The molecular weight excluding hydrogens is 206 g/mol. The average Bonchev–Trinajstić information content (AvgIpc) is 2.22. The van der Waals surface area contributed by atoms with Crippen LogP contribution in [0.2, 0.25) is 0 Å². The lowest BCUT2D eigenvalue weighted by atomic mass is 10.1. The number of para-hydroxylation sites is 1. The third-order valence-electron chi connectivity index (χ3n) is 2.50. The fraction of sp³-hybridized carbons (Fsp3) is 0.167. The molecule has 0 spiro atoms. The molecule has 16 heavy (non-hydrogen) atoms. The number of carbonyl (C=O) groups is 1. The van der Waals surface area contributed by atoms with Gasteiger partial charge in [0.2, 0.25) is 0 Å². The highest BCUT2D eigenvalue weighted by Gasteiger charge is 2.07. The minimum Gasteiger partial charge on any atom is -0.480 e. The lowest BCUT2D eigenvalue weighted by molar-refractivity contribution is -0.137. The Hall–Kier alpha value is -2.10. The third kappa shape index (κ3) is 1.69. The number of carboxylic acid groups (broad SMARTS) is 1. The summed E-state index contributed by atoms with van der Waals surface area (Å²) in [4.78, 5) is 22.3. The zero-order valence-corrected chi connectivity index (χ0v) is 8.80. The van der Waals surface area contributed by atoms with Crippen LogP contribution in [-0.4, -0.2) is 15.6 Å². The van der Waals surface area contributed by atoms with Crippen LogP contribution in [0, 0.1) is 6.92 Å². The van der Waals surface area contributed by atoms with E-state index in [1.807, 2.05) is 13.0 Å². The van der Waals surface area contributed by atoms with Crippen molar-refractivity contribution in [2.75, 3.05) is 0 Å². The van der Waals surface area contributed by atoms with Gasteiger partial charge in [0.05, 0.1) is 5.52 Å². The Kier molecular flexibility index (Phi) is 2.48. The van der Waals surface area contributed by atoms with Crippen molar-refractivity contribution in [3.05, 3.63) is 46.2 Å². The monoisotopic (exact) mass is 217 g/mol. The number of benzene rings is 1. The van der Waals surface area contributed by atoms with Gasteiger partial charge >= 0.3 is 5.97 Å². The molecule has 0 saturated carbocycles. The van der Waals surface area contributed by atoms with Gasteiger partial charge in [-0.15, -0.1) is 0 Å². The maximum Gasteiger partial charge on any atom is 0.323 e. The van der Waals surface area contributed by atoms with Crippen LogP contribution in [-0.2, 0) is 11.3 Å². The maximum atomic E-state index is 11.6. The molecule has 0 aliphatic carbocycles. The predicted molar refractivity (Wildman–Crippen MR) is 60.6 cm³/mol. The van der Waals surface area contributed by atoms with Gasteiger partial charge in [-0.25, -0.2) is 0 Å². The summed E-state index contributed by atoms with van der Waals surface area (Å²) < 4.78 is 1.58. The molecule has 0 radical (unpaired) electrons. The Bertz CT molecular complexity index is 613. The van der Waals surface area contributed by atoms with E-state index >= 15 is 0 Å². The highest BCUT2D eigenvalue weighted by Crippen LogP contribution is 2.14. The van der Waals surface area contributed by atoms with Gasteiger partial charge in [0.15, 0.2) is 5.43 Å². The molecule has 0 fully saturated rings. The minimum atomic E-state index is -0.923. The second-order valence-corrected chi connectivity index (χ2v) is 3.67. The molecule has 1 aromatic heterocycles. The second kappa shape index (κ2) is 3.81. The van der Waals surface area contributed by atoms with E-state index in [1.54, 1.807) is 16.7 Å². The van der Waals surface area contributed by atoms with Crippen LogP contribution >= 0.6 is 0 Å². The van der Waals surface area contributed by atoms with Crippen molar-refractivity contribution >= 4 is 16.9 Å². The maximum absolute atomic E-state index is 11.6. The van der Waals surface area contributed by atoms with E-state index in [1.165, 1.54) is 12.3 Å². The number of aromatic nitrogens is 1. The van der Waals surface area contributed by atoms with Crippen LogP contribution in [0.5, 0.6) is 0 Å². The number of aliphatic carboxylic acids is 1. The number of hydrogen-bond donors (Lipinski definition) is 1. The largest absolute Gasteiger partial charge is 0.480 e. The van der Waals surface area contributed by atoms with Crippen LogP contribution in [0.15, 0.2) is 35.3 Å². The summed E-state index contributed by atoms with van der Waals surface area (Å²) in [6.07, 6.45) is 1.52. The molecule has 2 aromatic rings. The Labute approximate surface area is 91.8 Å². The van der Waals surface area contributed by atoms with Crippen LogP contribution in [0.1, 0.15) is 5.56 Å². The Morgan fingerprint density at radius 3 is 2.81 bits per heavy atom. The molecular formula is C12H11NO3. The first kappa shape index (κ1) is 10.4. The molecule has 4 nitrogen and oxygen atoms in total. The summed E-state index contributed by atoms with van der Waals surface area (Å²) in [5, 5.41) is 9.35. The number of rotatable bonds is 2. The number of pyridine rings is 1. The normalized spacial score (nSPS) is 10.6. The van der Waals surface area contributed by atoms with Gasteiger partial charge in [-0.2, -0.15) is 0 Å². The average molecular weight is 217 g/mol. The first-order valence-electron chi connectivity index (χ1n) is 4.90. The van der Waals surface area contributed by atoms with Gasteiger partial charge in [0.1, 0.15) is 6.54 Å². The summed E-state index contributed by atoms with van der Waals surface area (Å²) in [7, 11) is 0. The van der Waals surface area contributed by atoms with Gasteiger partial charge in [-0.05, 0) is 18.6 Å². The lowest BCUT2D eigenvalue weighted by Gasteiger charge is -2.10. The summed E-state index contributed by atoms with van der Waals surface area (Å²) >= 11 is 0. The molecule has 1 N–H and O–H groups in total. The molecule has 82 valence electrons. The van der Waals surface area contributed by atoms with E-state index in [9.17, 15) is 9.59 Å². The molecule has 0 aliphatic rings. The molecule has 0 unspecified atom stereocenters. The molecule has 0 aliphatic heterocycles. The molecule has 2 rings (SSSR count). The molecule has 0 bridgehead atoms. The molecule has 1 aromatic carbocycles. The zero-order valence-electron chi connectivity index (χ0n) is 8.80. The minimum absolute atomic E-state index is 0.0830. The van der Waals surface area contributed by atoms with E-state index in [-0.39, 0.29) is 12.0 Å². The molecule has 0 saturated heterocycles. The topological polar surface area (TPSA) is 59.3 Å². The second-order valence-electron chi connectivity index (χ2n) is 3.67. The predicted octanol–water partition coefficient (Wildman–Crippen LogP) is 1.39.